The van der Waals surface area contributed by atoms with E-state index in [1.165, 1.54) is 7.11 Å². The van der Waals surface area contributed by atoms with Gasteiger partial charge in [0.1, 0.15) is 11.9 Å². The minimum absolute atomic E-state index is 0.0758. The van der Waals surface area contributed by atoms with Crippen molar-refractivity contribution in [2.45, 2.75) is 89.8 Å². The van der Waals surface area contributed by atoms with Gasteiger partial charge in [-0.15, -0.1) is 0 Å². The van der Waals surface area contributed by atoms with E-state index in [2.05, 4.69) is 23.5 Å². The highest BCUT2D eigenvalue weighted by atomic mass is 16.5. The van der Waals surface area contributed by atoms with E-state index in [9.17, 15) is 19.8 Å². The molecule has 0 bridgehead atoms. The molecule has 0 unspecified atom stereocenters. The molecule has 2 N–H and O–H groups in total. The van der Waals surface area contributed by atoms with Gasteiger partial charge >= 0.3 is 5.97 Å². The van der Waals surface area contributed by atoms with Crippen LogP contribution in [0.15, 0.2) is 0 Å². The van der Waals surface area contributed by atoms with Gasteiger partial charge in [-0.3, -0.25) is 9.59 Å². The molecule has 0 radical (unpaired) electrons. The third-order valence-corrected chi connectivity index (χ3v) is 5.04. The highest BCUT2D eigenvalue weighted by molar-refractivity contribution is 5.84. The third-order valence-electron chi connectivity index (χ3n) is 5.04. The lowest BCUT2D eigenvalue weighted by atomic mass is 9.89. The molecule has 1 saturated carbocycles. The Kier molecular flexibility index (Phi) is 11.2. The van der Waals surface area contributed by atoms with Gasteiger partial charge in [0.05, 0.1) is 19.1 Å². The molecule has 1 aliphatic carbocycles. The van der Waals surface area contributed by atoms with Crippen LogP contribution in [0.25, 0.3) is 0 Å². The van der Waals surface area contributed by atoms with E-state index in [1.807, 2.05) is 0 Å². The zero-order valence-corrected chi connectivity index (χ0v) is 16.2. The average molecular weight is 366 g/mol. The molecule has 0 heterocycles. The number of Topliss-reactive ketones (excluding diaryl/α,β-unsaturated/α-hetero) is 1. The molecule has 0 amide bonds. The summed E-state index contributed by atoms with van der Waals surface area (Å²) in [6.45, 7) is 2.11. The van der Waals surface area contributed by atoms with Gasteiger partial charge < -0.3 is 14.9 Å². The second-order valence-electron chi connectivity index (χ2n) is 7.20. The van der Waals surface area contributed by atoms with Crippen molar-refractivity contribution in [1.82, 2.24) is 0 Å². The van der Waals surface area contributed by atoms with E-state index in [1.54, 1.807) is 0 Å². The van der Waals surface area contributed by atoms with Crippen LogP contribution in [0, 0.1) is 23.7 Å². The summed E-state index contributed by atoms with van der Waals surface area (Å²) in [6, 6.07) is 0. The molecule has 4 atom stereocenters. The highest BCUT2D eigenvalue weighted by Gasteiger charge is 2.40. The maximum Gasteiger partial charge on any atom is 0.305 e. The first-order chi connectivity index (χ1) is 12.5. The molecule has 26 heavy (non-hydrogen) atoms. The van der Waals surface area contributed by atoms with E-state index < -0.39 is 12.2 Å². The van der Waals surface area contributed by atoms with Crippen LogP contribution in [-0.4, -0.2) is 41.3 Å². The number of rotatable bonds is 11. The molecule has 1 rings (SSSR count). The summed E-state index contributed by atoms with van der Waals surface area (Å²) in [6.07, 6.45) is 7.18. The number of aliphatic hydroxyl groups excluding tert-OH is 2. The fraction of sp³-hybridized carbons (Fsp3) is 0.810. The molecule has 0 aromatic heterocycles. The largest absolute Gasteiger partial charge is 0.469 e. The van der Waals surface area contributed by atoms with Gasteiger partial charge in [0.25, 0.3) is 0 Å². The number of ketones is 1. The fourth-order valence-electron chi connectivity index (χ4n) is 3.43. The molecule has 1 aliphatic rings. The topological polar surface area (TPSA) is 83.8 Å². The molecule has 0 spiro atoms. The van der Waals surface area contributed by atoms with Gasteiger partial charge in [-0.2, -0.15) is 0 Å². The van der Waals surface area contributed by atoms with Crippen molar-refractivity contribution in [3.05, 3.63) is 0 Å². The summed E-state index contributed by atoms with van der Waals surface area (Å²) in [5, 5.41) is 20.1. The molecular formula is C21H34O5. The second-order valence-corrected chi connectivity index (χ2v) is 7.20. The minimum Gasteiger partial charge on any atom is -0.469 e. The molecule has 0 saturated heterocycles. The SMILES string of the molecule is CCCCC[C@H](O)C#C[C@H]1[C@H](O)CC(=O)[C@@H]1CCCCCCC(=O)OC. The third kappa shape index (κ3) is 8.33. The first kappa shape index (κ1) is 22.7. The predicted octanol–water partition coefficient (Wildman–Crippen LogP) is 3.01. The van der Waals surface area contributed by atoms with Crippen molar-refractivity contribution < 1.29 is 24.5 Å². The summed E-state index contributed by atoms with van der Waals surface area (Å²) in [7, 11) is 1.39. The highest BCUT2D eigenvalue weighted by Crippen LogP contribution is 2.33. The van der Waals surface area contributed by atoms with Gasteiger partial charge in [0, 0.05) is 18.8 Å². The van der Waals surface area contributed by atoms with Gasteiger partial charge in [-0.25, -0.2) is 0 Å². The number of hydrogen-bond acceptors (Lipinski definition) is 5. The Bertz CT molecular complexity index is 490. The Morgan fingerprint density at radius 2 is 1.96 bits per heavy atom. The maximum absolute atomic E-state index is 12.1. The van der Waals surface area contributed by atoms with E-state index >= 15 is 0 Å². The number of carbonyl (C=O) groups is 2. The molecule has 148 valence electrons. The Hall–Kier alpha value is -1.38. The van der Waals surface area contributed by atoms with Crippen molar-refractivity contribution in [2.24, 2.45) is 11.8 Å². The Morgan fingerprint density at radius 1 is 1.23 bits per heavy atom. The molecule has 5 nitrogen and oxygen atoms in total. The van der Waals surface area contributed by atoms with Gasteiger partial charge in [0.2, 0.25) is 0 Å². The lowest BCUT2D eigenvalue weighted by Gasteiger charge is -2.15. The van der Waals surface area contributed by atoms with Crippen LogP contribution in [0.4, 0.5) is 0 Å². The summed E-state index contributed by atoms with van der Waals surface area (Å²) >= 11 is 0. The van der Waals surface area contributed by atoms with E-state index in [0.29, 0.717) is 19.3 Å². The second kappa shape index (κ2) is 12.9. The Morgan fingerprint density at radius 3 is 2.65 bits per heavy atom. The molecule has 1 fully saturated rings. The normalized spacial score (nSPS) is 23.4. The van der Waals surface area contributed by atoms with Crippen LogP contribution in [-0.2, 0) is 14.3 Å². The first-order valence-electron chi connectivity index (χ1n) is 9.96. The zero-order valence-electron chi connectivity index (χ0n) is 16.2. The fourth-order valence-corrected chi connectivity index (χ4v) is 3.43. The van der Waals surface area contributed by atoms with Gasteiger partial charge in [0.15, 0.2) is 0 Å². The van der Waals surface area contributed by atoms with Crippen LogP contribution in [0.1, 0.15) is 77.6 Å². The standard InChI is InChI=1S/C21H34O5/c1-3-4-7-10-16(22)13-14-18-17(19(23)15-20(18)24)11-8-5-6-9-12-21(25)26-2/h16-18,20,22,24H,3-12,15H2,1-2H3/t16-,17+,18+,20+/m0/s1. The summed E-state index contributed by atoms with van der Waals surface area (Å²) < 4.78 is 4.61. The first-order valence-corrected chi connectivity index (χ1v) is 9.96. The van der Waals surface area contributed by atoms with Crippen molar-refractivity contribution in [1.29, 1.82) is 0 Å². The van der Waals surface area contributed by atoms with Gasteiger partial charge in [-0.05, 0) is 25.7 Å². The lowest BCUT2D eigenvalue weighted by Crippen LogP contribution is -2.19. The van der Waals surface area contributed by atoms with Crippen LogP contribution >= 0.6 is 0 Å². The Labute approximate surface area is 157 Å². The molecule has 0 aromatic carbocycles. The summed E-state index contributed by atoms with van der Waals surface area (Å²) in [5.41, 5.74) is 0. The van der Waals surface area contributed by atoms with Crippen molar-refractivity contribution in [2.75, 3.05) is 7.11 Å². The quantitative estimate of drug-likeness (QED) is 0.334. The Balaban J connectivity index is 2.40. The van der Waals surface area contributed by atoms with Crippen LogP contribution < -0.4 is 0 Å². The minimum atomic E-state index is -0.720. The number of ether oxygens (including phenoxy) is 1. The summed E-state index contributed by atoms with van der Waals surface area (Å²) in [5.74, 6) is 5.11. The van der Waals surface area contributed by atoms with Gasteiger partial charge in [-0.1, -0.05) is 50.9 Å². The van der Waals surface area contributed by atoms with Crippen LogP contribution in [0.5, 0.6) is 0 Å². The molecular weight excluding hydrogens is 332 g/mol. The number of methoxy groups -OCH3 is 1. The average Bonchev–Trinajstić information content (AvgIpc) is 2.89. The number of unbranched alkanes of at least 4 members (excludes halogenated alkanes) is 5. The molecule has 0 aromatic rings. The number of esters is 1. The number of carbonyl (C=O) groups excluding carboxylic acids is 2. The monoisotopic (exact) mass is 366 g/mol. The lowest BCUT2D eigenvalue weighted by molar-refractivity contribution is -0.140. The number of hydrogen-bond donors (Lipinski definition) is 2. The van der Waals surface area contributed by atoms with Crippen molar-refractivity contribution in [3.63, 3.8) is 0 Å². The van der Waals surface area contributed by atoms with Crippen molar-refractivity contribution in [3.8, 4) is 11.8 Å². The maximum atomic E-state index is 12.1. The van der Waals surface area contributed by atoms with Crippen molar-refractivity contribution >= 4 is 11.8 Å². The van der Waals surface area contributed by atoms with E-state index in [0.717, 1.165) is 44.9 Å². The molecule has 0 aliphatic heterocycles. The van der Waals surface area contributed by atoms with Crippen LogP contribution in [0.3, 0.4) is 0 Å². The smallest absolute Gasteiger partial charge is 0.305 e. The predicted molar refractivity (Wildman–Crippen MR) is 100 cm³/mol. The van der Waals surface area contributed by atoms with E-state index in [4.69, 9.17) is 0 Å². The van der Waals surface area contributed by atoms with Crippen LogP contribution in [0.2, 0.25) is 0 Å². The molecule has 5 heteroatoms. The van der Waals surface area contributed by atoms with E-state index in [-0.39, 0.29) is 30.0 Å². The summed E-state index contributed by atoms with van der Waals surface area (Å²) in [4.78, 5) is 23.2. The zero-order chi connectivity index (χ0) is 19.4. The number of aliphatic hydroxyl groups is 2.